The molecule has 0 aliphatic carbocycles. The van der Waals surface area contributed by atoms with Gasteiger partial charge in [-0.15, -0.1) is 0 Å². The maximum atomic E-state index is 13.5. The number of rotatable bonds is 4. The molecule has 0 aliphatic rings. The summed E-state index contributed by atoms with van der Waals surface area (Å²) in [6.45, 7) is 2.97. The lowest BCUT2D eigenvalue weighted by Gasteiger charge is -2.12. The Bertz CT molecular complexity index is 847. The van der Waals surface area contributed by atoms with Crippen molar-refractivity contribution in [1.82, 2.24) is 0 Å². The lowest BCUT2D eigenvalue weighted by Crippen LogP contribution is -2.15. The van der Waals surface area contributed by atoms with E-state index in [2.05, 4.69) is 4.72 Å². The van der Waals surface area contributed by atoms with E-state index in [1.165, 1.54) is 43.3 Å². The molecule has 7 heteroatoms. The Morgan fingerprint density at radius 1 is 1.18 bits per heavy atom. The Hall–Kier alpha value is -2.41. The van der Waals surface area contributed by atoms with Crippen LogP contribution < -0.4 is 4.72 Å². The smallest absolute Gasteiger partial charge is 0.336 e. The number of nitrogens with one attached hydrogen (secondary N) is 1. The molecule has 116 valence electrons. The SMILES string of the molecule is Cc1ccc(NS(=O)(=O)c2cccc(F)c2C)cc1C(=O)O. The molecule has 0 aliphatic heterocycles. The highest BCUT2D eigenvalue weighted by atomic mass is 32.2. The van der Waals surface area contributed by atoms with Crippen LogP contribution in [0, 0.1) is 19.7 Å². The van der Waals surface area contributed by atoms with E-state index >= 15 is 0 Å². The van der Waals surface area contributed by atoms with Gasteiger partial charge in [-0.25, -0.2) is 17.6 Å². The number of aryl methyl sites for hydroxylation is 1. The summed E-state index contributed by atoms with van der Waals surface area (Å²) in [6.07, 6.45) is 0. The van der Waals surface area contributed by atoms with Crippen molar-refractivity contribution in [2.45, 2.75) is 18.7 Å². The number of carboxylic acids is 1. The van der Waals surface area contributed by atoms with E-state index in [9.17, 15) is 17.6 Å². The van der Waals surface area contributed by atoms with E-state index in [4.69, 9.17) is 5.11 Å². The van der Waals surface area contributed by atoms with Crippen molar-refractivity contribution < 1.29 is 22.7 Å². The standard InChI is InChI=1S/C15H14FNO4S/c1-9-6-7-11(8-12(9)15(18)19)17-22(20,21)14-5-3-4-13(16)10(14)2/h3-8,17H,1-2H3,(H,18,19). The molecule has 0 bridgehead atoms. The van der Waals surface area contributed by atoms with E-state index in [-0.39, 0.29) is 21.7 Å². The topological polar surface area (TPSA) is 83.5 Å². The summed E-state index contributed by atoms with van der Waals surface area (Å²) >= 11 is 0. The van der Waals surface area contributed by atoms with Crippen molar-refractivity contribution in [3.8, 4) is 0 Å². The molecule has 0 heterocycles. The van der Waals surface area contributed by atoms with Crippen LogP contribution in [-0.2, 0) is 10.0 Å². The van der Waals surface area contributed by atoms with Gasteiger partial charge in [0, 0.05) is 11.3 Å². The maximum Gasteiger partial charge on any atom is 0.336 e. The maximum absolute atomic E-state index is 13.5. The van der Waals surface area contributed by atoms with Gasteiger partial charge in [0.2, 0.25) is 0 Å². The second-order valence-electron chi connectivity index (χ2n) is 4.80. The molecule has 0 radical (unpaired) electrons. The Labute approximate surface area is 127 Å². The van der Waals surface area contributed by atoms with E-state index in [0.717, 1.165) is 0 Å². The van der Waals surface area contributed by atoms with Crippen LogP contribution >= 0.6 is 0 Å². The molecule has 2 N–H and O–H groups in total. The molecule has 0 amide bonds. The third-order valence-corrected chi connectivity index (χ3v) is 4.75. The number of anilines is 1. The zero-order valence-electron chi connectivity index (χ0n) is 11.9. The minimum absolute atomic E-state index is 0.000528. The van der Waals surface area contributed by atoms with Gasteiger partial charge in [-0.2, -0.15) is 0 Å². The first-order valence-electron chi connectivity index (χ1n) is 6.34. The van der Waals surface area contributed by atoms with E-state index in [1.54, 1.807) is 6.92 Å². The molecule has 0 saturated heterocycles. The number of aromatic carboxylic acids is 1. The summed E-state index contributed by atoms with van der Waals surface area (Å²) in [5, 5.41) is 9.06. The average Bonchev–Trinajstić information content (AvgIpc) is 2.43. The van der Waals surface area contributed by atoms with Crippen LogP contribution in [0.5, 0.6) is 0 Å². The van der Waals surface area contributed by atoms with Gasteiger partial charge in [0.05, 0.1) is 10.5 Å². The molecule has 0 spiro atoms. The molecule has 0 unspecified atom stereocenters. The highest BCUT2D eigenvalue weighted by Gasteiger charge is 2.19. The molecular weight excluding hydrogens is 309 g/mol. The Balaban J connectivity index is 2.43. The Morgan fingerprint density at radius 2 is 1.86 bits per heavy atom. The quantitative estimate of drug-likeness (QED) is 0.906. The van der Waals surface area contributed by atoms with Gasteiger partial charge in [-0.1, -0.05) is 12.1 Å². The van der Waals surface area contributed by atoms with Crippen LogP contribution in [0.3, 0.4) is 0 Å². The molecule has 0 aromatic heterocycles. The summed E-state index contributed by atoms with van der Waals surface area (Å²) in [5.41, 5.74) is 0.612. The predicted molar refractivity (Wildman–Crippen MR) is 80.1 cm³/mol. The largest absolute Gasteiger partial charge is 0.478 e. The third kappa shape index (κ3) is 3.09. The number of hydrogen-bond donors (Lipinski definition) is 2. The number of carboxylic acid groups (broad SMARTS) is 1. The number of sulfonamides is 1. The summed E-state index contributed by atoms with van der Waals surface area (Å²) in [6, 6.07) is 7.93. The monoisotopic (exact) mass is 323 g/mol. The van der Waals surface area contributed by atoms with Gasteiger partial charge in [0.15, 0.2) is 0 Å². The van der Waals surface area contributed by atoms with E-state index in [1.807, 2.05) is 0 Å². The lowest BCUT2D eigenvalue weighted by molar-refractivity contribution is 0.0696. The fourth-order valence-corrected chi connectivity index (χ4v) is 3.31. The van der Waals surface area contributed by atoms with Crippen molar-refractivity contribution >= 4 is 21.7 Å². The third-order valence-electron chi connectivity index (χ3n) is 3.23. The molecule has 2 aromatic rings. The van der Waals surface area contributed by atoms with Gasteiger partial charge in [0.25, 0.3) is 10.0 Å². The van der Waals surface area contributed by atoms with Crippen molar-refractivity contribution in [2.75, 3.05) is 4.72 Å². The van der Waals surface area contributed by atoms with Gasteiger partial charge in [-0.05, 0) is 43.7 Å². The fraction of sp³-hybridized carbons (Fsp3) is 0.133. The second-order valence-corrected chi connectivity index (χ2v) is 6.45. The molecule has 2 aromatic carbocycles. The van der Waals surface area contributed by atoms with Gasteiger partial charge in [-0.3, -0.25) is 4.72 Å². The van der Waals surface area contributed by atoms with Crippen molar-refractivity contribution in [2.24, 2.45) is 0 Å². The first kappa shape index (κ1) is 16.0. The zero-order valence-corrected chi connectivity index (χ0v) is 12.7. The van der Waals surface area contributed by atoms with Crippen molar-refractivity contribution in [3.05, 3.63) is 58.9 Å². The molecule has 2 rings (SSSR count). The Kier molecular flexibility index (Phi) is 4.18. The summed E-state index contributed by atoms with van der Waals surface area (Å²) in [7, 11) is -4.00. The van der Waals surface area contributed by atoms with Crippen LogP contribution in [0.2, 0.25) is 0 Å². The van der Waals surface area contributed by atoms with Crippen LogP contribution in [0.1, 0.15) is 21.5 Å². The highest BCUT2D eigenvalue weighted by Crippen LogP contribution is 2.22. The van der Waals surface area contributed by atoms with Gasteiger partial charge in [0.1, 0.15) is 5.82 Å². The summed E-state index contributed by atoms with van der Waals surface area (Å²) in [4.78, 5) is 10.9. The van der Waals surface area contributed by atoms with Gasteiger partial charge >= 0.3 is 5.97 Å². The minimum atomic E-state index is -4.00. The zero-order chi connectivity index (χ0) is 16.5. The van der Waals surface area contributed by atoms with Crippen molar-refractivity contribution in [1.29, 1.82) is 0 Å². The van der Waals surface area contributed by atoms with Gasteiger partial charge < -0.3 is 5.11 Å². The minimum Gasteiger partial charge on any atom is -0.478 e. The average molecular weight is 323 g/mol. The second kappa shape index (κ2) is 5.76. The first-order chi connectivity index (χ1) is 10.2. The fourth-order valence-electron chi connectivity index (χ4n) is 2.00. The summed E-state index contributed by atoms with van der Waals surface area (Å²) < 4.78 is 40.4. The van der Waals surface area contributed by atoms with Crippen molar-refractivity contribution in [3.63, 3.8) is 0 Å². The van der Waals surface area contributed by atoms with Crippen LogP contribution in [-0.4, -0.2) is 19.5 Å². The number of hydrogen-bond acceptors (Lipinski definition) is 3. The van der Waals surface area contributed by atoms with Crippen LogP contribution in [0.4, 0.5) is 10.1 Å². The summed E-state index contributed by atoms with van der Waals surface area (Å²) in [5.74, 6) is -1.78. The lowest BCUT2D eigenvalue weighted by atomic mass is 10.1. The number of carbonyl (C=O) groups is 1. The van der Waals surface area contributed by atoms with Crippen LogP contribution in [0.25, 0.3) is 0 Å². The number of halogens is 1. The molecule has 0 atom stereocenters. The Morgan fingerprint density at radius 3 is 2.50 bits per heavy atom. The molecule has 0 saturated carbocycles. The van der Waals surface area contributed by atoms with E-state index < -0.39 is 21.8 Å². The number of benzene rings is 2. The highest BCUT2D eigenvalue weighted by molar-refractivity contribution is 7.92. The molecule has 0 fully saturated rings. The molecular formula is C15H14FNO4S. The first-order valence-corrected chi connectivity index (χ1v) is 7.82. The van der Waals surface area contributed by atoms with Crippen LogP contribution in [0.15, 0.2) is 41.3 Å². The molecule has 22 heavy (non-hydrogen) atoms. The van der Waals surface area contributed by atoms with E-state index in [0.29, 0.717) is 5.56 Å². The molecule has 5 nitrogen and oxygen atoms in total. The normalized spacial score (nSPS) is 11.2. The predicted octanol–water partition coefficient (Wildman–Crippen LogP) is 2.94.